The van der Waals surface area contributed by atoms with E-state index in [-0.39, 0.29) is 30.2 Å². The topological polar surface area (TPSA) is 82.2 Å². The predicted molar refractivity (Wildman–Crippen MR) is 115 cm³/mol. The van der Waals surface area contributed by atoms with Crippen LogP contribution >= 0.6 is 12.4 Å². The molecule has 0 bridgehead atoms. The first-order valence-electron chi connectivity index (χ1n) is 9.67. The normalized spacial score (nSPS) is 18.1. The fourth-order valence-electron chi connectivity index (χ4n) is 3.47. The van der Waals surface area contributed by atoms with Crippen LogP contribution in [0.2, 0.25) is 0 Å². The molecule has 1 saturated heterocycles. The second-order valence-corrected chi connectivity index (χ2v) is 7.07. The number of amides is 1. The van der Waals surface area contributed by atoms with Crippen molar-refractivity contribution in [1.29, 1.82) is 0 Å². The van der Waals surface area contributed by atoms with E-state index in [4.69, 9.17) is 10.5 Å². The number of halogens is 2. The number of aromatic nitrogens is 2. The van der Waals surface area contributed by atoms with Crippen molar-refractivity contribution in [2.75, 3.05) is 6.54 Å². The van der Waals surface area contributed by atoms with Crippen molar-refractivity contribution in [3.05, 3.63) is 72.2 Å². The van der Waals surface area contributed by atoms with Crippen LogP contribution in [0.4, 0.5) is 4.39 Å². The average Bonchev–Trinajstić information content (AvgIpc) is 3.41. The standard InChI is InChI=1S/C22H23FN4O2.ClH/c23-17-8-6-15(7-9-17)21-16(14-27(26-21)18-4-2-1-3-5-18)13-25-22(28)20-11-10-19(12-24)29-20;/h1-9,14,19-20H,10-13,24H2,(H,25,28);1H/t19-,20+;/m1./s1. The number of rotatable bonds is 6. The first-order valence-corrected chi connectivity index (χ1v) is 9.67. The van der Waals surface area contributed by atoms with Gasteiger partial charge in [0.15, 0.2) is 0 Å². The second-order valence-electron chi connectivity index (χ2n) is 7.07. The maximum atomic E-state index is 13.4. The molecule has 0 unspecified atom stereocenters. The molecule has 1 aromatic heterocycles. The Morgan fingerprint density at radius 3 is 2.57 bits per heavy atom. The smallest absolute Gasteiger partial charge is 0.249 e. The van der Waals surface area contributed by atoms with Gasteiger partial charge in [-0.3, -0.25) is 4.79 Å². The first kappa shape index (κ1) is 22.0. The SMILES string of the molecule is Cl.NC[C@H]1CC[C@@H](C(=O)NCc2cn(-c3ccccc3)nc2-c2ccc(F)cc2)O1. The van der Waals surface area contributed by atoms with Crippen LogP contribution in [0.25, 0.3) is 16.9 Å². The monoisotopic (exact) mass is 430 g/mol. The molecule has 1 aliphatic rings. The van der Waals surface area contributed by atoms with E-state index in [2.05, 4.69) is 10.4 Å². The Kier molecular flexibility index (Phi) is 7.20. The van der Waals surface area contributed by atoms with Gasteiger partial charge in [-0.2, -0.15) is 5.10 Å². The van der Waals surface area contributed by atoms with Crippen LogP contribution < -0.4 is 11.1 Å². The van der Waals surface area contributed by atoms with Crippen molar-refractivity contribution in [1.82, 2.24) is 15.1 Å². The molecule has 0 spiro atoms. The highest BCUT2D eigenvalue weighted by molar-refractivity contribution is 5.85. The van der Waals surface area contributed by atoms with Crippen molar-refractivity contribution in [3.8, 4) is 16.9 Å². The Balaban J connectivity index is 0.00000256. The van der Waals surface area contributed by atoms with Gasteiger partial charge in [0.1, 0.15) is 11.9 Å². The van der Waals surface area contributed by atoms with Gasteiger partial charge in [0.2, 0.25) is 5.91 Å². The molecule has 158 valence electrons. The Morgan fingerprint density at radius 2 is 1.90 bits per heavy atom. The number of nitrogens with zero attached hydrogens (tertiary/aromatic N) is 2. The van der Waals surface area contributed by atoms with Crippen LogP contribution in [0.5, 0.6) is 0 Å². The van der Waals surface area contributed by atoms with E-state index >= 15 is 0 Å². The van der Waals surface area contributed by atoms with E-state index in [1.165, 1.54) is 12.1 Å². The highest BCUT2D eigenvalue weighted by Crippen LogP contribution is 2.25. The number of para-hydroxylation sites is 1. The van der Waals surface area contributed by atoms with E-state index in [0.29, 0.717) is 25.2 Å². The molecule has 1 fully saturated rings. The minimum absolute atomic E-state index is 0. The molecule has 2 aromatic carbocycles. The number of carbonyl (C=O) groups is 1. The van der Waals surface area contributed by atoms with Gasteiger partial charge >= 0.3 is 0 Å². The maximum absolute atomic E-state index is 13.4. The molecule has 2 atom stereocenters. The molecule has 3 aromatic rings. The summed E-state index contributed by atoms with van der Waals surface area (Å²) in [5, 5.41) is 7.62. The Labute approximate surface area is 180 Å². The Morgan fingerprint density at radius 1 is 1.17 bits per heavy atom. The molecule has 0 radical (unpaired) electrons. The fraction of sp³-hybridized carbons (Fsp3) is 0.273. The molecular weight excluding hydrogens is 407 g/mol. The van der Waals surface area contributed by atoms with E-state index in [1.54, 1.807) is 16.8 Å². The number of hydrogen-bond donors (Lipinski definition) is 2. The zero-order chi connectivity index (χ0) is 20.2. The number of nitrogens with one attached hydrogen (secondary N) is 1. The largest absolute Gasteiger partial charge is 0.364 e. The molecule has 2 heterocycles. The lowest BCUT2D eigenvalue weighted by Gasteiger charge is -2.12. The molecule has 6 nitrogen and oxygen atoms in total. The van der Waals surface area contributed by atoms with E-state index < -0.39 is 6.10 Å². The van der Waals surface area contributed by atoms with Crippen LogP contribution in [0.15, 0.2) is 60.8 Å². The van der Waals surface area contributed by atoms with Gasteiger partial charge in [0, 0.05) is 30.4 Å². The molecule has 30 heavy (non-hydrogen) atoms. The van der Waals surface area contributed by atoms with Crippen LogP contribution in [0.1, 0.15) is 18.4 Å². The predicted octanol–water partition coefficient (Wildman–Crippen LogP) is 3.22. The van der Waals surface area contributed by atoms with Crippen LogP contribution in [0.3, 0.4) is 0 Å². The molecule has 4 rings (SSSR count). The van der Waals surface area contributed by atoms with Gasteiger partial charge in [-0.1, -0.05) is 18.2 Å². The lowest BCUT2D eigenvalue weighted by atomic mass is 10.1. The van der Waals surface area contributed by atoms with Crippen LogP contribution in [-0.4, -0.2) is 34.4 Å². The zero-order valence-corrected chi connectivity index (χ0v) is 17.1. The fourth-order valence-corrected chi connectivity index (χ4v) is 3.47. The number of carbonyl (C=O) groups excluding carboxylic acids is 1. The molecular formula is C22H24ClFN4O2. The summed E-state index contributed by atoms with van der Waals surface area (Å²) in [4.78, 5) is 12.5. The van der Waals surface area contributed by atoms with Gasteiger partial charge in [-0.05, 0) is 49.2 Å². The summed E-state index contributed by atoms with van der Waals surface area (Å²) in [5.74, 6) is -0.461. The van der Waals surface area contributed by atoms with Crippen molar-refractivity contribution >= 4 is 18.3 Å². The second kappa shape index (κ2) is 9.84. The molecule has 8 heteroatoms. The van der Waals surface area contributed by atoms with Crippen molar-refractivity contribution in [2.45, 2.75) is 31.6 Å². The summed E-state index contributed by atoms with van der Waals surface area (Å²) >= 11 is 0. The van der Waals surface area contributed by atoms with Gasteiger partial charge in [0.25, 0.3) is 0 Å². The minimum atomic E-state index is -0.470. The Bertz CT molecular complexity index is 979. The summed E-state index contributed by atoms with van der Waals surface area (Å²) in [6.45, 7) is 0.716. The van der Waals surface area contributed by atoms with E-state index in [0.717, 1.165) is 23.2 Å². The lowest BCUT2D eigenvalue weighted by molar-refractivity contribution is -0.132. The Hall–Kier alpha value is -2.74. The maximum Gasteiger partial charge on any atom is 0.249 e. The number of ether oxygens (including phenoxy) is 1. The van der Waals surface area contributed by atoms with Crippen LogP contribution in [0, 0.1) is 5.82 Å². The summed E-state index contributed by atoms with van der Waals surface area (Å²) in [6, 6.07) is 15.9. The number of benzene rings is 2. The summed E-state index contributed by atoms with van der Waals surface area (Å²) < 4.78 is 20.8. The molecule has 0 saturated carbocycles. The molecule has 0 aliphatic carbocycles. The van der Waals surface area contributed by atoms with Crippen molar-refractivity contribution in [2.24, 2.45) is 5.73 Å². The third-order valence-corrected chi connectivity index (χ3v) is 5.04. The quantitative estimate of drug-likeness (QED) is 0.629. The van der Waals surface area contributed by atoms with Crippen molar-refractivity contribution in [3.63, 3.8) is 0 Å². The lowest BCUT2D eigenvalue weighted by Crippen LogP contribution is -2.35. The summed E-state index contributed by atoms with van der Waals surface area (Å²) in [6.07, 6.45) is 2.82. The van der Waals surface area contributed by atoms with Gasteiger partial charge in [-0.25, -0.2) is 9.07 Å². The molecule has 1 aliphatic heterocycles. The molecule has 3 N–H and O–H groups in total. The summed E-state index contributed by atoms with van der Waals surface area (Å²) in [5.41, 5.74) is 8.83. The zero-order valence-electron chi connectivity index (χ0n) is 16.3. The average molecular weight is 431 g/mol. The van der Waals surface area contributed by atoms with Gasteiger partial charge in [-0.15, -0.1) is 12.4 Å². The highest BCUT2D eigenvalue weighted by Gasteiger charge is 2.29. The van der Waals surface area contributed by atoms with E-state index in [1.807, 2.05) is 36.5 Å². The minimum Gasteiger partial charge on any atom is -0.364 e. The van der Waals surface area contributed by atoms with Crippen LogP contribution in [-0.2, 0) is 16.1 Å². The number of hydrogen-bond acceptors (Lipinski definition) is 4. The highest BCUT2D eigenvalue weighted by atomic mass is 35.5. The molecule has 1 amide bonds. The summed E-state index contributed by atoms with van der Waals surface area (Å²) in [7, 11) is 0. The van der Waals surface area contributed by atoms with Crippen molar-refractivity contribution < 1.29 is 13.9 Å². The third-order valence-electron chi connectivity index (χ3n) is 5.04. The first-order chi connectivity index (χ1) is 14.1. The number of nitrogens with two attached hydrogens (primary N) is 1. The van der Waals surface area contributed by atoms with E-state index in [9.17, 15) is 9.18 Å². The van der Waals surface area contributed by atoms with Gasteiger partial charge < -0.3 is 15.8 Å². The van der Waals surface area contributed by atoms with Gasteiger partial charge in [0.05, 0.1) is 17.5 Å². The third kappa shape index (κ3) is 4.87.